The number of methoxy groups -OCH3 is 4. The van der Waals surface area contributed by atoms with E-state index in [1.165, 1.54) is 63.9 Å². The summed E-state index contributed by atoms with van der Waals surface area (Å²) in [5, 5.41) is 9.64. The average molecular weight is 825 g/mol. The fourth-order valence-electron chi connectivity index (χ4n) is 8.01. The molecule has 1 aliphatic carbocycles. The molecule has 0 bridgehead atoms. The summed E-state index contributed by atoms with van der Waals surface area (Å²) in [6, 6.07) is 8.43. The van der Waals surface area contributed by atoms with Crippen LogP contribution in [0, 0.1) is 11.6 Å². The van der Waals surface area contributed by atoms with Crippen LogP contribution in [0.1, 0.15) is 52.9 Å². The maximum absolute atomic E-state index is 16.1. The molecule has 18 heteroatoms. The van der Waals surface area contributed by atoms with Crippen molar-refractivity contribution in [3.8, 4) is 23.0 Å². The summed E-state index contributed by atoms with van der Waals surface area (Å²) >= 11 is 0. The lowest BCUT2D eigenvalue weighted by Crippen LogP contribution is -2.55. The summed E-state index contributed by atoms with van der Waals surface area (Å²) in [7, 11) is 5.96. The number of benzene rings is 3. The standard InChI is InChI=1S/C42H42F2N8O8/c1-21-18-49(35-29(44)16-27-34(38(35)60-5)51(25-7-8-25)19-28(36(27)53)41(55)56)10-11-50(21)20-52-30-9-6-24(43)15-26(30)33(40(52)54)47-42-46-17-23(39(45)48-42)12-22-13-31(57-2)37(59-4)32(14-22)58-3/h6,9,13-17,19,21,25H,7-8,10-12,18,20H2,1-5H3,(H,55,56)(H2,45,46,48)/b47-33-. The van der Waals surface area contributed by atoms with Gasteiger partial charge in [-0.25, -0.2) is 23.6 Å². The van der Waals surface area contributed by atoms with Crippen LogP contribution in [0.4, 0.5) is 31.9 Å². The van der Waals surface area contributed by atoms with Gasteiger partial charge in [0.2, 0.25) is 11.2 Å². The number of fused-ring (bicyclic) bond motifs is 2. The molecule has 8 rings (SSSR count). The Labute approximate surface area is 342 Å². The lowest BCUT2D eigenvalue weighted by atomic mass is 10.1. The second-order valence-corrected chi connectivity index (χ2v) is 14.8. The number of hydrogen-bond donors (Lipinski definition) is 2. The highest BCUT2D eigenvalue weighted by Gasteiger charge is 2.39. The van der Waals surface area contributed by atoms with Gasteiger partial charge >= 0.3 is 5.97 Å². The van der Waals surface area contributed by atoms with Crippen molar-refractivity contribution in [2.75, 3.05) is 70.3 Å². The number of amides is 1. The summed E-state index contributed by atoms with van der Waals surface area (Å²) in [6.45, 7) is 3.06. The molecule has 2 fully saturated rings. The number of pyridine rings is 1. The van der Waals surface area contributed by atoms with Gasteiger partial charge in [-0.3, -0.25) is 19.4 Å². The summed E-state index contributed by atoms with van der Waals surface area (Å²) in [5.41, 5.74) is 7.70. The minimum absolute atomic E-state index is 0.0412. The number of hydrogen-bond acceptors (Lipinski definition) is 13. The van der Waals surface area contributed by atoms with Crippen LogP contribution in [0.5, 0.6) is 23.0 Å². The molecular weight excluding hydrogens is 783 g/mol. The number of halogens is 2. The quantitative estimate of drug-likeness (QED) is 0.172. The van der Waals surface area contributed by atoms with Gasteiger partial charge in [-0.15, -0.1) is 0 Å². The van der Waals surface area contributed by atoms with E-state index in [0.717, 1.165) is 24.5 Å². The van der Waals surface area contributed by atoms with Crippen LogP contribution in [0.3, 0.4) is 0 Å². The van der Waals surface area contributed by atoms with Crippen LogP contribution in [-0.2, 0) is 11.2 Å². The number of carboxylic acids is 1. The topological polar surface area (TPSA) is 187 Å². The second-order valence-electron chi connectivity index (χ2n) is 14.8. The first kappa shape index (κ1) is 40.0. The molecule has 4 heterocycles. The van der Waals surface area contributed by atoms with Gasteiger partial charge in [0.1, 0.15) is 28.6 Å². The predicted molar refractivity (Wildman–Crippen MR) is 219 cm³/mol. The molecule has 1 atom stereocenters. The second kappa shape index (κ2) is 15.7. The number of rotatable bonds is 12. The van der Waals surface area contributed by atoms with Gasteiger partial charge < -0.3 is 39.3 Å². The number of carbonyl (C=O) groups is 2. The minimum atomic E-state index is -1.38. The van der Waals surface area contributed by atoms with E-state index in [1.807, 2.05) is 16.7 Å². The highest BCUT2D eigenvalue weighted by molar-refractivity contribution is 6.54. The maximum atomic E-state index is 16.1. The van der Waals surface area contributed by atoms with Crippen molar-refractivity contribution >= 4 is 51.6 Å². The zero-order valence-electron chi connectivity index (χ0n) is 33.5. The van der Waals surface area contributed by atoms with Crippen molar-refractivity contribution < 1.29 is 42.4 Å². The molecule has 1 saturated carbocycles. The number of aliphatic imine (C=N–C) groups is 1. The number of piperazine rings is 1. The van der Waals surface area contributed by atoms with Gasteiger partial charge in [0.25, 0.3) is 11.9 Å². The Morgan fingerprint density at radius 3 is 2.32 bits per heavy atom. The molecule has 16 nitrogen and oxygen atoms in total. The Hall–Kier alpha value is -6.82. The Kier molecular flexibility index (Phi) is 10.5. The third-order valence-corrected chi connectivity index (χ3v) is 11.1. The van der Waals surface area contributed by atoms with Crippen LogP contribution in [0.15, 0.2) is 58.6 Å². The zero-order valence-corrected chi connectivity index (χ0v) is 33.5. The van der Waals surface area contributed by atoms with E-state index >= 15 is 4.39 Å². The van der Waals surface area contributed by atoms with Gasteiger partial charge in [0, 0.05) is 61.7 Å². The molecule has 1 unspecified atom stereocenters. The Balaban J connectivity index is 1.04. The molecule has 0 spiro atoms. The minimum Gasteiger partial charge on any atom is -0.493 e. The highest BCUT2D eigenvalue weighted by Crippen LogP contribution is 2.44. The number of carbonyl (C=O) groups excluding carboxylic acids is 1. The van der Waals surface area contributed by atoms with Gasteiger partial charge in [0.05, 0.1) is 51.7 Å². The summed E-state index contributed by atoms with van der Waals surface area (Å²) in [4.78, 5) is 57.9. The summed E-state index contributed by atoms with van der Waals surface area (Å²) < 4.78 is 54.7. The number of carboxylic acid groups (broad SMARTS) is 1. The SMILES string of the molecule is COc1cc(Cc2cnc(/N=C3\C(=O)N(CN4CCN(c5c(F)cc6c(=O)c(C(=O)O)cn(C7CC7)c6c5OC)CC4C)c4ccc(F)cc43)nc2N)cc(OC)c1OC. The number of nitrogen functional groups attached to an aromatic ring is 1. The van der Waals surface area contributed by atoms with Gasteiger partial charge in [-0.1, -0.05) is 0 Å². The van der Waals surface area contributed by atoms with Crippen LogP contribution < -0.4 is 39.9 Å². The van der Waals surface area contributed by atoms with Crippen molar-refractivity contribution in [1.29, 1.82) is 0 Å². The third-order valence-electron chi connectivity index (χ3n) is 11.1. The van der Waals surface area contributed by atoms with Gasteiger partial charge in [-0.05, 0) is 61.7 Å². The average Bonchev–Trinajstić information content (AvgIpc) is 4.05. The molecule has 3 N–H and O–H groups in total. The molecule has 1 amide bonds. The number of aromatic nitrogens is 3. The molecule has 2 aromatic heterocycles. The van der Waals surface area contributed by atoms with Crippen molar-refractivity contribution in [3.05, 3.63) is 92.9 Å². The molecule has 2 aliphatic heterocycles. The highest BCUT2D eigenvalue weighted by atomic mass is 19.1. The van der Waals surface area contributed by atoms with Crippen LogP contribution >= 0.6 is 0 Å². The third kappa shape index (κ3) is 7.05. The largest absolute Gasteiger partial charge is 0.493 e. The van der Waals surface area contributed by atoms with E-state index in [4.69, 9.17) is 24.7 Å². The Morgan fingerprint density at radius 2 is 1.70 bits per heavy atom. The summed E-state index contributed by atoms with van der Waals surface area (Å²) in [5.74, 6) is -1.56. The lowest BCUT2D eigenvalue weighted by molar-refractivity contribution is -0.112. The van der Waals surface area contributed by atoms with Gasteiger partial charge in [0.15, 0.2) is 23.1 Å². The maximum Gasteiger partial charge on any atom is 0.341 e. The molecule has 60 heavy (non-hydrogen) atoms. The van der Waals surface area contributed by atoms with Crippen LogP contribution in [0.25, 0.3) is 10.9 Å². The van der Waals surface area contributed by atoms with Crippen molar-refractivity contribution in [2.24, 2.45) is 4.99 Å². The number of anilines is 3. The first-order chi connectivity index (χ1) is 28.8. The fourth-order valence-corrected chi connectivity index (χ4v) is 8.01. The van der Waals surface area contributed by atoms with E-state index in [0.29, 0.717) is 60.1 Å². The van der Waals surface area contributed by atoms with E-state index < -0.39 is 34.5 Å². The fraction of sp³-hybridized carbons (Fsp3) is 0.333. The van der Waals surface area contributed by atoms with E-state index in [9.17, 15) is 23.9 Å². The molecule has 3 aromatic carbocycles. The van der Waals surface area contributed by atoms with Crippen molar-refractivity contribution in [2.45, 2.75) is 38.3 Å². The molecule has 5 aromatic rings. The van der Waals surface area contributed by atoms with Gasteiger partial charge in [-0.2, -0.15) is 4.98 Å². The zero-order chi connectivity index (χ0) is 42.6. The van der Waals surface area contributed by atoms with Crippen LogP contribution in [-0.4, -0.2) is 103 Å². The van der Waals surface area contributed by atoms with Crippen molar-refractivity contribution in [1.82, 2.24) is 19.4 Å². The first-order valence-corrected chi connectivity index (χ1v) is 19.1. The first-order valence-electron chi connectivity index (χ1n) is 19.1. The Morgan fingerprint density at radius 1 is 0.983 bits per heavy atom. The van der Waals surface area contributed by atoms with E-state index in [1.54, 1.807) is 16.7 Å². The van der Waals surface area contributed by atoms with E-state index in [-0.39, 0.29) is 58.6 Å². The molecule has 312 valence electrons. The Bertz CT molecular complexity index is 2640. The van der Waals surface area contributed by atoms with Crippen LogP contribution in [0.2, 0.25) is 0 Å². The number of ether oxygens (including phenoxy) is 4. The number of nitrogens with two attached hydrogens (primary N) is 1. The predicted octanol–water partition coefficient (Wildman–Crippen LogP) is 4.95. The molecule has 3 aliphatic rings. The monoisotopic (exact) mass is 824 g/mol. The van der Waals surface area contributed by atoms with Crippen molar-refractivity contribution in [3.63, 3.8) is 0 Å². The molecule has 1 saturated heterocycles. The van der Waals surface area contributed by atoms with E-state index in [2.05, 4.69) is 15.0 Å². The number of aromatic carboxylic acids is 1. The summed E-state index contributed by atoms with van der Waals surface area (Å²) in [6.07, 6.45) is 4.72. The normalized spacial score (nSPS) is 17.4. The smallest absolute Gasteiger partial charge is 0.341 e. The molecule has 0 radical (unpaired) electrons. The lowest BCUT2D eigenvalue weighted by Gasteiger charge is -2.42. The molecular formula is C42H42F2N8O8. The number of nitrogens with zero attached hydrogens (tertiary/aromatic N) is 7.